The maximum Gasteiger partial charge on any atom is 0.255 e. The van der Waals surface area contributed by atoms with Gasteiger partial charge in [-0.05, 0) is 49.8 Å². The second-order valence-electron chi connectivity index (χ2n) is 10.1. The Morgan fingerprint density at radius 2 is 1.71 bits per heavy atom. The highest BCUT2D eigenvalue weighted by Crippen LogP contribution is 2.35. The molecule has 182 valence electrons. The Morgan fingerprint density at radius 1 is 1.03 bits per heavy atom. The van der Waals surface area contributed by atoms with Gasteiger partial charge in [-0.25, -0.2) is 0 Å². The van der Waals surface area contributed by atoms with Crippen molar-refractivity contribution in [1.82, 2.24) is 15.1 Å². The Bertz CT molecular complexity index is 955. The van der Waals surface area contributed by atoms with E-state index in [4.69, 9.17) is 0 Å². The lowest BCUT2D eigenvalue weighted by Crippen LogP contribution is -2.53. The summed E-state index contributed by atoms with van der Waals surface area (Å²) in [6, 6.07) is 18.0. The van der Waals surface area contributed by atoms with Gasteiger partial charge in [0.15, 0.2) is 0 Å². The Balaban J connectivity index is 1.38. The first kappa shape index (κ1) is 24.8. The van der Waals surface area contributed by atoms with E-state index >= 15 is 0 Å². The molecule has 2 saturated heterocycles. The van der Waals surface area contributed by atoms with Crippen molar-refractivity contribution in [2.24, 2.45) is 5.92 Å². The number of aryl methyl sites for hydroxylation is 1. The minimum Gasteiger partial charge on any atom is -0.351 e. The summed E-state index contributed by atoms with van der Waals surface area (Å²) in [7, 11) is 0. The zero-order valence-corrected chi connectivity index (χ0v) is 21.4. The van der Waals surface area contributed by atoms with Crippen molar-refractivity contribution < 1.29 is 9.59 Å². The first-order valence-electron chi connectivity index (χ1n) is 12.5. The molecule has 0 radical (unpaired) electrons. The first-order chi connectivity index (χ1) is 16.4. The van der Waals surface area contributed by atoms with E-state index in [1.54, 1.807) is 11.8 Å². The number of rotatable bonds is 7. The second-order valence-corrected chi connectivity index (χ2v) is 11.3. The minimum atomic E-state index is -0.412. The lowest BCUT2D eigenvalue weighted by Gasteiger charge is -2.34. The molecule has 2 atom stereocenters. The van der Waals surface area contributed by atoms with Gasteiger partial charge < -0.3 is 10.2 Å². The van der Waals surface area contributed by atoms with E-state index in [1.165, 1.54) is 5.56 Å². The minimum absolute atomic E-state index is 0.000673. The summed E-state index contributed by atoms with van der Waals surface area (Å²) in [5.74, 6) is 1.09. The van der Waals surface area contributed by atoms with E-state index in [2.05, 4.69) is 48.3 Å². The Hall–Kier alpha value is -2.31. The molecule has 34 heavy (non-hydrogen) atoms. The summed E-state index contributed by atoms with van der Waals surface area (Å²) < 4.78 is 0. The van der Waals surface area contributed by atoms with Crippen molar-refractivity contribution in [3.8, 4) is 0 Å². The van der Waals surface area contributed by atoms with Gasteiger partial charge in [0.2, 0.25) is 5.91 Å². The molecule has 0 spiro atoms. The van der Waals surface area contributed by atoms with Gasteiger partial charge in [0.05, 0.1) is 5.37 Å². The quantitative estimate of drug-likeness (QED) is 0.625. The van der Waals surface area contributed by atoms with Crippen molar-refractivity contribution in [3.05, 3.63) is 71.3 Å². The van der Waals surface area contributed by atoms with Crippen molar-refractivity contribution in [2.75, 3.05) is 18.8 Å². The van der Waals surface area contributed by atoms with Crippen LogP contribution in [-0.2, 0) is 11.3 Å². The fraction of sp³-hybridized carbons (Fsp3) is 0.500. The molecule has 2 aliphatic heterocycles. The summed E-state index contributed by atoms with van der Waals surface area (Å²) in [6.45, 7) is 9.26. The molecular formula is C28H37N3O2S. The molecule has 2 unspecified atom stereocenters. The van der Waals surface area contributed by atoms with E-state index in [-0.39, 0.29) is 23.2 Å². The number of carbonyl (C=O) groups is 2. The summed E-state index contributed by atoms with van der Waals surface area (Å²) in [4.78, 5) is 31.2. The van der Waals surface area contributed by atoms with Crippen LogP contribution in [0.1, 0.15) is 54.6 Å². The molecule has 4 rings (SSSR count). The number of thioether (sulfide) groups is 1. The van der Waals surface area contributed by atoms with Crippen LogP contribution in [0.25, 0.3) is 0 Å². The van der Waals surface area contributed by atoms with E-state index in [9.17, 15) is 9.59 Å². The molecule has 6 heteroatoms. The lowest BCUT2D eigenvalue weighted by molar-refractivity contribution is -0.126. The maximum absolute atomic E-state index is 13.5. The summed E-state index contributed by atoms with van der Waals surface area (Å²) in [5.41, 5.74) is 3.11. The zero-order chi connectivity index (χ0) is 24.1. The van der Waals surface area contributed by atoms with E-state index < -0.39 is 6.04 Å². The molecule has 2 aromatic rings. The van der Waals surface area contributed by atoms with Gasteiger partial charge in [-0.3, -0.25) is 14.5 Å². The molecular weight excluding hydrogens is 442 g/mol. The van der Waals surface area contributed by atoms with Crippen LogP contribution in [0.4, 0.5) is 0 Å². The first-order valence-corrected chi connectivity index (χ1v) is 13.5. The summed E-state index contributed by atoms with van der Waals surface area (Å²) in [6.07, 6.45) is 2.78. The number of nitrogens with zero attached hydrogens (tertiary/aromatic N) is 2. The van der Waals surface area contributed by atoms with Gasteiger partial charge in [-0.1, -0.05) is 61.9 Å². The van der Waals surface area contributed by atoms with Crippen LogP contribution in [0.3, 0.4) is 0 Å². The smallest absolute Gasteiger partial charge is 0.255 e. The molecule has 1 N–H and O–H groups in total. The largest absolute Gasteiger partial charge is 0.351 e. The number of likely N-dealkylation sites (tertiary alicyclic amines) is 1. The Labute approximate surface area is 208 Å². The van der Waals surface area contributed by atoms with Crippen molar-refractivity contribution in [3.63, 3.8) is 0 Å². The number of nitrogens with one attached hydrogen (secondary N) is 1. The summed E-state index contributed by atoms with van der Waals surface area (Å²) >= 11 is 1.74. The predicted molar refractivity (Wildman–Crippen MR) is 140 cm³/mol. The SMILES string of the molecule is Cc1ccc(C(=O)N2C(CC(C)C)SCC2C(=O)NC2CCN(Cc3ccccc3)CC2)cc1. The number of piperidine rings is 1. The van der Waals surface area contributed by atoms with Gasteiger partial charge in [0.1, 0.15) is 6.04 Å². The van der Waals surface area contributed by atoms with E-state index in [1.807, 2.05) is 42.2 Å². The molecule has 2 aromatic carbocycles. The molecule has 5 nitrogen and oxygen atoms in total. The molecule has 2 aliphatic rings. The third kappa shape index (κ3) is 6.22. The molecule has 2 fully saturated rings. The average Bonchev–Trinajstić information content (AvgIpc) is 3.24. The van der Waals surface area contributed by atoms with Crippen molar-refractivity contribution >= 4 is 23.6 Å². The zero-order valence-electron chi connectivity index (χ0n) is 20.6. The standard InChI is InChI=1S/C28H37N3O2S/c1-20(2)17-26-31(28(33)23-11-9-21(3)10-12-23)25(19-34-26)27(32)29-24-13-15-30(16-14-24)18-22-7-5-4-6-8-22/h4-12,20,24-26H,13-19H2,1-3H3,(H,29,32). The fourth-order valence-electron chi connectivity index (χ4n) is 4.84. The summed E-state index contributed by atoms with van der Waals surface area (Å²) in [5, 5.41) is 3.33. The average molecular weight is 480 g/mol. The maximum atomic E-state index is 13.5. The molecule has 0 aromatic heterocycles. The molecule has 0 saturated carbocycles. The van der Waals surface area contributed by atoms with Gasteiger partial charge in [-0.15, -0.1) is 11.8 Å². The predicted octanol–water partition coefficient (Wildman–Crippen LogP) is 4.71. The number of amides is 2. The van der Waals surface area contributed by atoms with Gasteiger partial charge in [0.25, 0.3) is 5.91 Å². The fourth-order valence-corrected chi connectivity index (χ4v) is 6.48. The molecule has 0 aliphatic carbocycles. The molecule has 2 amide bonds. The highest BCUT2D eigenvalue weighted by molar-refractivity contribution is 8.00. The van der Waals surface area contributed by atoms with Crippen LogP contribution in [0, 0.1) is 12.8 Å². The van der Waals surface area contributed by atoms with Crippen molar-refractivity contribution in [1.29, 1.82) is 0 Å². The number of hydrogen-bond donors (Lipinski definition) is 1. The van der Waals surface area contributed by atoms with Gasteiger partial charge in [0, 0.05) is 37.0 Å². The van der Waals surface area contributed by atoms with Crippen LogP contribution in [0.2, 0.25) is 0 Å². The molecule has 0 bridgehead atoms. The topological polar surface area (TPSA) is 52.7 Å². The van der Waals surface area contributed by atoms with Crippen LogP contribution < -0.4 is 5.32 Å². The Morgan fingerprint density at radius 3 is 2.35 bits per heavy atom. The molecule has 2 heterocycles. The third-order valence-electron chi connectivity index (χ3n) is 6.78. The third-order valence-corrected chi connectivity index (χ3v) is 8.10. The van der Waals surface area contributed by atoms with Crippen LogP contribution in [0.15, 0.2) is 54.6 Å². The van der Waals surface area contributed by atoms with Gasteiger partial charge in [-0.2, -0.15) is 0 Å². The van der Waals surface area contributed by atoms with E-state index in [0.717, 1.165) is 44.5 Å². The van der Waals surface area contributed by atoms with Crippen LogP contribution >= 0.6 is 11.8 Å². The van der Waals surface area contributed by atoms with Crippen LogP contribution in [0.5, 0.6) is 0 Å². The second kappa shape index (κ2) is 11.4. The Kier molecular flexibility index (Phi) is 8.32. The number of benzene rings is 2. The normalized spacial score (nSPS) is 21.7. The van der Waals surface area contributed by atoms with Crippen molar-refractivity contribution in [2.45, 2.75) is 64.0 Å². The highest BCUT2D eigenvalue weighted by atomic mass is 32.2. The number of hydrogen-bond acceptors (Lipinski definition) is 4. The van der Waals surface area contributed by atoms with E-state index in [0.29, 0.717) is 17.2 Å². The van der Waals surface area contributed by atoms with Crippen LogP contribution in [-0.4, -0.2) is 57.9 Å². The monoisotopic (exact) mass is 479 g/mol. The van der Waals surface area contributed by atoms with Gasteiger partial charge >= 0.3 is 0 Å². The highest BCUT2D eigenvalue weighted by Gasteiger charge is 2.42. The number of carbonyl (C=O) groups excluding carboxylic acids is 2. The lowest BCUT2D eigenvalue weighted by atomic mass is 10.0.